The molecule has 0 radical (unpaired) electrons. The van der Waals surface area contributed by atoms with E-state index in [-0.39, 0.29) is 21.9 Å². The second-order valence-electron chi connectivity index (χ2n) is 10.3. The molecular weight excluding hydrogens is 590 g/mol. The minimum Gasteiger partial charge on any atom is -0.378 e. The van der Waals surface area contributed by atoms with Crippen LogP contribution < -0.4 is 14.9 Å². The van der Waals surface area contributed by atoms with E-state index in [4.69, 9.17) is 4.74 Å². The maximum absolute atomic E-state index is 13.5. The Bertz CT molecular complexity index is 1800. The molecule has 2 N–H and O–H groups in total. The molecule has 4 aromatic rings. The van der Waals surface area contributed by atoms with Crippen molar-refractivity contribution in [1.82, 2.24) is 13.7 Å². The number of sulfonamides is 1. The molecule has 1 fully saturated rings. The monoisotopic (exact) mass is 623 g/mol. The van der Waals surface area contributed by atoms with Crippen molar-refractivity contribution in [2.24, 2.45) is 0 Å². The Morgan fingerprint density at radius 1 is 0.930 bits per heavy atom. The van der Waals surface area contributed by atoms with Crippen molar-refractivity contribution >= 4 is 37.3 Å². The van der Waals surface area contributed by atoms with Gasteiger partial charge in [0.25, 0.3) is 10.0 Å². The summed E-state index contributed by atoms with van der Waals surface area (Å²) in [6.45, 7) is 6.35. The summed E-state index contributed by atoms with van der Waals surface area (Å²) in [6, 6.07) is 18.8. The number of aromatic nitrogens is 2. The van der Waals surface area contributed by atoms with Crippen molar-refractivity contribution in [2.45, 2.75) is 36.1 Å². The van der Waals surface area contributed by atoms with E-state index < -0.39 is 32.0 Å². The van der Waals surface area contributed by atoms with Gasteiger partial charge in [-0.15, -0.1) is 0 Å². The number of nitrogens with zero attached hydrogens (tertiary/aromatic N) is 3. The Hall–Kier alpha value is -4.04. The zero-order chi connectivity index (χ0) is 30.6. The fourth-order valence-corrected chi connectivity index (χ4v) is 7.30. The van der Waals surface area contributed by atoms with Crippen LogP contribution in [0.15, 0.2) is 95.1 Å². The number of carbonyl (C=O) groups is 1. The maximum Gasteiger partial charge on any atom is 0.269 e. The Kier molecular flexibility index (Phi) is 8.97. The number of amides is 1. The van der Waals surface area contributed by atoms with Gasteiger partial charge in [0, 0.05) is 37.1 Å². The van der Waals surface area contributed by atoms with E-state index >= 15 is 0 Å². The zero-order valence-electron chi connectivity index (χ0n) is 23.8. The molecule has 13 heteroatoms. The Balaban J connectivity index is 1.39. The quantitative estimate of drug-likeness (QED) is 0.275. The minimum absolute atomic E-state index is 0.00146. The van der Waals surface area contributed by atoms with Gasteiger partial charge in [-0.05, 0) is 61.9 Å². The number of anilines is 2. The van der Waals surface area contributed by atoms with Gasteiger partial charge >= 0.3 is 0 Å². The zero-order valence-corrected chi connectivity index (χ0v) is 25.4. The normalized spacial score (nSPS) is 14.8. The van der Waals surface area contributed by atoms with Gasteiger partial charge in [0.2, 0.25) is 15.9 Å². The molecule has 226 valence electrons. The third kappa shape index (κ3) is 7.13. The van der Waals surface area contributed by atoms with Crippen molar-refractivity contribution in [3.05, 3.63) is 102 Å². The molecule has 1 unspecified atom stereocenters. The molecule has 1 atom stereocenters. The Labute approximate surface area is 251 Å². The van der Waals surface area contributed by atoms with E-state index in [1.807, 2.05) is 19.1 Å². The summed E-state index contributed by atoms with van der Waals surface area (Å²) in [5, 5.41) is 2.78. The molecule has 0 bridgehead atoms. The first-order valence-corrected chi connectivity index (χ1v) is 16.6. The average molecular weight is 624 g/mol. The number of morpholine rings is 1. The smallest absolute Gasteiger partial charge is 0.269 e. The first-order chi connectivity index (χ1) is 20.5. The van der Waals surface area contributed by atoms with Crippen molar-refractivity contribution < 1.29 is 26.4 Å². The van der Waals surface area contributed by atoms with E-state index in [1.54, 1.807) is 49.4 Å². The SMILES string of the molecule is Cc1ccc(S(=O)(=O)NC(Cc2cn(S(=O)(=O)c3ccccc3C)cn2)C(=O)Nc2ccc(N3CCOCC3)cc2)cc1. The molecule has 1 amide bonds. The molecule has 1 aliphatic heterocycles. The van der Waals surface area contributed by atoms with Gasteiger partial charge in [-0.1, -0.05) is 35.9 Å². The third-order valence-corrected chi connectivity index (χ3v) is 10.4. The highest BCUT2D eigenvalue weighted by Gasteiger charge is 2.28. The van der Waals surface area contributed by atoms with Gasteiger partial charge in [-0.25, -0.2) is 25.8 Å². The molecule has 3 aromatic carbocycles. The topological polar surface area (TPSA) is 140 Å². The maximum atomic E-state index is 13.5. The standard InChI is InChI=1S/C30H33N5O6S2/c1-22-7-13-27(14-8-22)42(37,38)33-28(30(36)32-24-9-11-26(12-10-24)34-15-17-41-18-16-34)19-25-20-35(21-31-25)43(39,40)29-6-4-3-5-23(29)2/h3-14,20-21,28,33H,15-19H2,1-2H3,(H,32,36). The van der Waals surface area contributed by atoms with Crippen LogP contribution in [0.3, 0.4) is 0 Å². The lowest BCUT2D eigenvalue weighted by Crippen LogP contribution is -2.45. The first kappa shape index (κ1) is 30.4. The number of benzene rings is 3. The molecule has 0 spiro atoms. The van der Waals surface area contributed by atoms with Crippen molar-refractivity contribution in [2.75, 3.05) is 36.5 Å². The minimum atomic E-state index is -4.11. The molecule has 1 aromatic heterocycles. The highest BCUT2D eigenvalue weighted by atomic mass is 32.2. The fourth-order valence-electron chi connectivity index (χ4n) is 4.72. The van der Waals surface area contributed by atoms with Gasteiger partial charge in [0.05, 0.1) is 28.7 Å². The van der Waals surface area contributed by atoms with Gasteiger partial charge in [0.1, 0.15) is 12.4 Å². The second kappa shape index (κ2) is 12.7. The molecule has 43 heavy (non-hydrogen) atoms. The first-order valence-electron chi connectivity index (χ1n) is 13.7. The molecular formula is C30H33N5O6S2. The summed E-state index contributed by atoms with van der Waals surface area (Å²) in [5.41, 5.74) is 3.13. The summed E-state index contributed by atoms with van der Waals surface area (Å²) in [5.74, 6) is -0.619. The number of rotatable bonds is 10. The third-order valence-electron chi connectivity index (χ3n) is 7.13. The van der Waals surface area contributed by atoms with Crippen LogP contribution in [0.1, 0.15) is 16.8 Å². The largest absolute Gasteiger partial charge is 0.378 e. The molecule has 0 aliphatic carbocycles. The summed E-state index contributed by atoms with van der Waals surface area (Å²) in [4.78, 5) is 20.0. The van der Waals surface area contributed by atoms with Gasteiger partial charge in [0.15, 0.2) is 0 Å². The lowest BCUT2D eigenvalue weighted by Gasteiger charge is -2.29. The van der Waals surface area contributed by atoms with E-state index in [2.05, 4.69) is 19.9 Å². The predicted octanol–water partition coefficient (Wildman–Crippen LogP) is 3.10. The van der Waals surface area contributed by atoms with E-state index in [0.717, 1.165) is 34.6 Å². The fraction of sp³-hybridized carbons (Fsp3) is 0.267. The summed E-state index contributed by atoms with van der Waals surface area (Å²) in [6.07, 6.45) is 2.24. The van der Waals surface area contributed by atoms with Crippen LogP contribution in [0.25, 0.3) is 0 Å². The highest BCUT2D eigenvalue weighted by molar-refractivity contribution is 7.90. The molecule has 11 nitrogen and oxygen atoms in total. The van der Waals surface area contributed by atoms with E-state index in [9.17, 15) is 21.6 Å². The number of hydrogen-bond donors (Lipinski definition) is 2. The number of carbonyl (C=O) groups excluding carboxylic acids is 1. The summed E-state index contributed by atoms with van der Waals surface area (Å²) >= 11 is 0. The second-order valence-corrected chi connectivity index (χ2v) is 13.8. The summed E-state index contributed by atoms with van der Waals surface area (Å²) < 4.78 is 61.9. The number of imidazole rings is 1. The van der Waals surface area contributed by atoms with Gasteiger partial charge in [-0.2, -0.15) is 4.72 Å². The van der Waals surface area contributed by atoms with E-state index in [1.165, 1.54) is 24.4 Å². The van der Waals surface area contributed by atoms with Crippen molar-refractivity contribution in [1.29, 1.82) is 0 Å². The number of aryl methyl sites for hydroxylation is 2. The number of nitrogens with one attached hydrogen (secondary N) is 2. The molecule has 0 saturated carbocycles. The highest BCUT2D eigenvalue weighted by Crippen LogP contribution is 2.21. The molecule has 1 saturated heterocycles. The van der Waals surface area contributed by atoms with Crippen molar-refractivity contribution in [3.63, 3.8) is 0 Å². The lowest BCUT2D eigenvalue weighted by molar-refractivity contribution is -0.117. The molecule has 5 rings (SSSR count). The lowest BCUT2D eigenvalue weighted by atomic mass is 10.1. The van der Waals surface area contributed by atoms with Gasteiger partial charge < -0.3 is 15.0 Å². The van der Waals surface area contributed by atoms with Crippen LogP contribution in [0.5, 0.6) is 0 Å². The van der Waals surface area contributed by atoms with Gasteiger partial charge in [-0.3, -0.25) is 4.79 Å². The van der Waals surface area contributed by atoms with Crippen LogP contribution in [-0.2, 0) is 36.0 Å². The molecule has 2 heterocycles. The summed E-state index contributed by atoms with van der Waals surface area (Å²) in [7, 11) is -8.05. The molecule has 1 aliphatic rings. The Morgan fingerprint density at radius 2 is 1.60 bits per heavy atom. The Morgan fingerprint density at radius 3 is 2.28 bits per heavy atom. The van der Waals surface area contributed by atoms with Crippen LogP contribution in [0, 0.1) is 13.8 Å². The number of ether oxygens (including phenoxy) is 1. The van der Waals surface area contributed by atoms with Crippen LogP contribution in [0.2, 0.25) is 0 Å². The predicted molar refractivity (Wildman–Crippen MR) is 163 cm³/mol. The van der Waals surface area contributed by atoms with Crippen LogP contribution >= 0.6 is 0 Å². The number of hydrogen-bond acceptors (Lipinski definition) is 8. The van der Waals surface area contributed by atoms with E-state index in [0.29, 0.717) is 24.5 Å². The van der Waals surface area contributed by atoms with Crippen LogP contribution in [0.4, 0.5) is 11.4 Å². The average Bonchev–Trinajstić information content (AvgIpc) is 3.47. The van der Waals surface area contributed by atoms with Crippen molar-refractivity contribution in [3.8, 4) is 0 Å². The van der Waals surface area contributed by atoms with Crippen LogP contribution in [-0.4, -0.2) is 64.0 Å².